The number of benzene rings is 1. The van der Waals surface area contributed by atoms with Crippen LogP contribution in [0, 0.1) is 0 Å². The Hall–Kier alpha value is -2.32. The summed E-state index contributed by atoms with van der Waals surface area (Å²) in [4.78, 5) is 9.03. The number of piperazine rings is 1. The normalized spacial score (nSPS) is 17.9. The van der Waals surface area contributed by atoms with Gasteiger partial charge in [0, 0.05) is 50.8 Å². The van der Waals surface area contributed by atoms with Gasteiger partial charge in [0.05, 0.1) is 14.2 Å². The molecule has 0 aliphatic carbocycles. The molecule has 2 aromatic rings. The van der Waals surface area contributed by atoms with Gasteiger partial charge in [-0.2, -0.15) is 4.98 Å². The summed E-state index contributed by atoms with van der Waals surface area (Å²) < 4.78 is 16.1. The van der Waals surface area contributed by atoms with Crippen molar-refractivity contribution >= 4 is 5.95 Å². The average molecular weight is 390 g/mol. The summed E-state index contributed by atoms with van der Waals surface area (Å²) in [5.74, 6) is 3.05. The van der Waals surface area contributed by atoms with E-state index in [2.05, 4.69) is 19.9 Å². The number of hydrogen-bond acceptors (Lipinski definition) is 8. The van der Waals surface area contributed by atoms with E-state index in [0.717, 1.165) is 43.2 Å². The maximum atomic E-state index is 9.57. The van der Waals surface area contributed by atoms with Crippen molar-refractivity contribution < 1.29 is 19.1 Å². The van der Waals surface area contributed by atoms with Crippen LogP contribution in [-0.2, 0) is 6.54 Å². The third kappa shape index (κ3) is 4.74. The SMILES string of the molecule is COc1cc(CN2CCN(c3noc(C(C)C)n3)CC2CCO)cc(OC)c1. The number of rotatable bonds is 8. The lowest BCUT2D eigenvalue weighted by Gasteiger charge is -2.41. The van der Waals surface area contributed by atoms with Crippen LogP contribution >= 0.6 is 0 Å². The Morgan fingerprint density at radius 1 is 1.18 bits per heavy atom. The summed E-state index contributed by atoms with van der Waals surface area (Å²) >= 11 is 0. The summed E-state index contributed by atoms with van der Waals surface area (Å²) in [5.41, 5.74) is 1.12. The molecule has 0 bridgehead atoms. The third-order valence-corrected chi connectivity index (χ3v) is 5.07. The molecule has 1 aliphatic rings. The van der Waals surface area contributed by atoms with E-state index in [9.17, 15) is 5.11 Å². The van der Waals surface area contributed by atoms with Gasteiger partial charge in [-0.25, -0.2) is 0 Å². The van der Waals surface area contributed by atoms with E-state index in [1.54, 1.807) is 14.2 Å². The Morgan fingerprint density at radius 3 is 2.46 bits per heavy atom. The van der Waals surface area contributed by atoms with Crippen molar-refractivity contribution in [3.63, 3.8) is 0 Å². The van der Waals surface area contributed by atoms with E-state index in [1.807, 2.05) is 32.0 Å². The number of nitrogens with zero attached hydrogens (tertiary/aromatic N) is 4. The largest absolute Gasteiger partial charge is 0.497 e. The Morgan fingerprint density at radius 2 is 1.89 bits per heavy atom. The molecule has 154 valence electrons. The lowest BCUT2D eigenvalue weighted by molar-refractivity contribution is 0.134. The first-order valence-electron chi connectivity index (χ1n) is 9.69. The summed E-state index contributed by atoms with van der Waals surface area (Å²) in [5, 5.41) is 13.7. The monoisotopic (exact) mass is 390 g/mol. The number of aliphatic hydroxyl groups excluding tert-OH is 1. The van der Waals surface area contributed by atoms with Crippen LogP contribution in [0.3, 0.4) is 0 Å². The van der Waals surface area contributed by atoms with Crippen LogP contribution in [0.25, 0.3) is 0 Å². The summed E-state index contributed by atoms with van der Waals surface area (Å²) in [6, 6.07) is 6.12. The van der Waals surface area contributed by atoms with Crippen LogP contribution in [0.4, 0.5) is 5.95 Å². The van der Waals surface area contributed by atoms with E-state index in [4.69, 9.17) is 14.0 Å². The second kappa shape index (κ2) is 9.25. The Labute approximate surface area is 166 Å². The topological polar surface area (TPSA) is 84.1 Å². The van der Waals surface area contributed by atoms with Gasteiger partial charge in [-0.15, -0.1) is 0 Å². The van der Waals surface area contributed by atoms with Crippen molar-refractivity contribution in [2.24, 2.45) is 0 Å². The predicted molar refractivity (Wildman–Crippen MR) is 106 cm³/mol. The average Bonchev–Trinajstić information content (AvgIpc) is 3.19. The van der Waals surface area contributed by atoms with Crippen LogP contribution in [0.5, 0.6) is 11.5 Å². The molecule has 1 saturated heterocycles. The van der Waals surface area contributed by atoms with Crippen molar-refractivity contribution in [1.82, 2.24) is 15.0 Å². The van der Waals surface area contributed by atoms with E-state index in [-0.39, 0.29) is 18.6 Å². The Bertz CT molecular complexity index is 742. The van der Waals surface area contributed by atoms with Crippen LogP contribution < -0.4 is 14.4 Å². The zero-order chi connectivity index (χ0) is 20.1. The van der Waals surface area contributed by atoms with Gasteiger partial charge in [-0.05, 0) is 29.3 Å². The third-order valence-electron chi connectivity index (χ3n) is 5.07. The van der Waals surface area contributed by atoms with Crippen LogP contribution in [0.15, 0.2) is 22.7 Å². The van der Waals surface area contributed by atoms with E-state index in [0.29, 0.717) is 18.3 Å². The summed E-state index contributed by atoms with van der Waals surface area (Å²) in [7, 11) is 3.31. The van der Waals surface area contributed by atoms with Gasteiger partial charge < -0.3 is 24.0 Å². The number of anilines is 1. The second-order valence-corrected chi connectivity index (χ2v) is 7.39. The summed E-state index contributed by atoms with van der Waals surface area (Å²) in [6.07, 6.45) is 0.687. The minimum absolute atomic E-state index is 0.139. The molecule has 2 heterocycles. The van der Waals surface area contributed by atoms with E-state index < -0.39 is 0 Å². The minimum Gasteiger partial charge on any atom is -0.497 e. The number of aliphatic hydroxyl groups is 1. The lowest BCUT2D eigenvalue weighted by atomic mass is 10.1. The maximum Gasteiger partial charge on any atom is 0.266 e. The first kappa shape index (κ1) is 20.4. The van der Waals surface area contributed by atoms with Gasteiger partial charge in [-0.3, -0.25) is 4.90 Å². The van der Waals surface area contributed by atoms with E-state index in [1.165, 1.54) is 0 Å². The molecule has 8 heteroatoms. The fourth-order valence-electron chi connectivity index (χ4n) is 3.49. The molecule has 28 heavy (non-hydrogen) atoms. The molecule has 1 atom stereocenters. The highest BCUT2D eigenvalue weighted by molar-refractivity contribution is 5.38. The number of aromatic nitrogens is 2. The molecule has 1 aliphatic heterocycles. The molecular formula is C20H30N4O4. The highest BCUT2D eigenvalue weighted by Gasteiger charge is 2.29. The smallest absolute Gasteiger partial charge is 0.266 e. The van der Waals surface area contributed by atoms with Crippen LogP contribution in [-0.4, -0.2) is 66.6 Å². The zero-order valence-electron chi connectivity index (χ0n) is 17.1. The van der Waals surface area contributed by atoms with Gasteiger partial charge in [0.15, 0.2) is 0 Å². The number of methoxy groups -OCH3 is 2. The number of hydrogen-bond donors (Lipinski definition) is 1. The molecule has 1 N–H and O–H groups in total. The minimum atomic E-state index is 0.139. The van der Waals surface area contributed by atoms with Crippen molar-refractivity contribution in [1.29, 1.82) is 0 Å². The zero-order valence-corrected chi connectivity index (χ0v) is 17.1. The van der Waals surface area contributed by atoms with Crippen molar-refractivity contribution in [2.75, 3.05) is 45.4 Å². The van der Waals surface area contributed by atoms with Crippen molar-refractivity contribution in [2.45, 2.75) is 38.8 Å². The summed E-state index contributed by atoms with van der Waals surface area (Å²) in [6.45, 7) is 7.36. The Kier molecular flexibility index (Phi) is 6.74. The van der Waals surface area contributed by atoms with E-state index >= 15 is 0 Å². The lowest BCUT2D eigenvalue weighted by Crippen LogP contribution is -2.53. The highest BCUT2D eigenvalue weighted by Crippen LogP contribution is 2.26. The molecule has 0 radical (unpaired) electrons. The van der Waals surface area contributed by atoms with Crippen molar-refractivity contribution in [3.8, 4) is 11.5 Å². The van der Waals surface area contributed by atoms with Gasteiger partial charge >= 0.3 is 0 Å². The molecule has 1 aromatic heterocycles. The van der Waals surface area contributed by atoms with Crippen LogP contribution in [0.1, 0.15) is 37.6 Å². The first-order valence-corrected chi connectivity index (χ1v) is 9.69. The quantitative estimate of drug-likeness (QED) is 0.735. The standard InChI is InChI=1S/C20H30N4O4/c1-14(2)19-21-20(22-28-19)24-7-6-23(16(13-24)5-8-25)12-15-9-17(26-3)11-18(10-15)27-4/h9-11,14,16,25H,5-8,12-13H2,1-4H3. The molecule has 0 saturated carbocycles. The molecule has 1 aromatic carbocycles. The molecule has 1 fully saturated rings. The molecule has 0 amide bonds. The Balaban J connectivity index is 1.72. The van der Waals surface area contributed by atoms with Crippen molar-refractivity contribution in [3.05, 3.63) is 29.7 Å². The molecular weight excluding hydrogens is 360 g/mol. The van der Waals surface area contributed by atoms with Gasteiger partial charge in [0.25, 0.3) is 5.95 Å². The predicted octanol–water partition coefficient (Wildman–Crippen LogP) is 2.28. The fourth-order valence-corrected chi connectivity index (χ4v) is 3.49. The van der Waals surface area contributed by atoms with Gasteiger partial charge in [-0.1, -0.05) is 13.8 Å². The number of ether oxygens (including phenoxy) is 2. The molecule has 0 spiro atoms. The molecule has 1 unspecified atom stereocenters. The molecule has 3 rings (SSSR count). The van der Waals surface area contributed by atoms with Gasteiger partial charge in [0.2, 0.25) is 5.89 Å². The first-order chi connectivity index (χ1) is 13.5. The fraction of sp³-hybridized carbons (Fsp3) is 0.600. The highest BCUT2D eigenvalue weighted by atomic mass is 16.5. The van der Waals surface area contributed by atoms with Gasteiger partial charge in [0.1, 0.15) is 11.5 Å². The molecule has 8 nitrogen and oxygen atoms in total. The second-order valence-electron chi connectivity index (χ2n) is 7.39. The maximum absolute atomic E-state index is 9.57. The van der Waals surface area contributed by atoms with Crippen LogP contribution in [0.2, 0.25) is 0 Å².